The van der Waals surface area contributed by atoms with Gasteiger partial charge < -0.3 is 10.1 Å². The number of fused-ring (bicyclic) bond motifs is 2. The number of aliphatic imine (C=N–C) groups is 1. The summed E-state index contributed by atoms with van der Waals surface area (Å²) in [6.45, 7) is 0. The van der Waals surface area contributed by atoms with Gasteiger partial charge in [0.05, 0.1) is 19.0 Å². The number of rotatable bonds is 2. The van der Waals surface area contributed by atoms with E-state index in [-0.39, 0.29) is 0 Å². The van der Waals surface area contributed by atoms with Crippen LogP contribution in [0.2, 0.25) is 0 Å². The number of benzene rings is 2. The van der Waals surface area contributed by atoms with Gasteiger partial charge >= 0.3 is 0 Å². The second-order valence-corrected chi connectivity index (χ2v) is 5.24. The lowest BCUT2D eigenvalue weighted by Crippen LogP contribution is -2.04. The number of pyridine rings is 1. The van der Waals surface area contributed by atoms with Crippen LogP contribution in [-0.4, -0.2) is 17.8 Å². The van der Waals surface area contributed by atoms with Crippen molar-refractivity contribution in [3.05, 3.63) is 78.0 Å². The van der Waals surface area contributed by atoms with Gasteiger partial charge in [-0.2, -0.15) is 0 Å². The predicted octanol–water partition coefficient (Wildman–Crippen LogP) is 4.32. The van der Waals surface area contributed by atoms with Crippen LogP contribution in [0.25, 0.3) is 0 Å². The van der Waals surface area contributed by atoms with E-state index in [0.717, 1.165) is 34.0 Å². The van der Waals surface area contributed by atoms with Crippen molar-refractivity contribution >= 4 is 22.9 Å². The molecule has 4 heteroatoms. The summed E-state index contributed by atoms with van der Waals surface area (Å²) in [4.78, 5) is 9.30. The molecule has 0 saturated carbocycles. The fraction of sp³-hybridized carbons (Fsp3) is 0.0526. The topological polar surface area (TPSA) is 46.5 Å². The molecule has 1 aliphatic rings. The van der Waals surface area contributed by atoms with Gasteiger partial charge in [-0.1, -0.05) is 48.5 Å². The molecule has 0 radical (unpaired) electrons. The number of hydrogen-bond donors (Lipinski definition) is 1. The Morgan fingerprint density at radius 1 is 0.957 bits per heavy atom. The van der Waals surface area contributed by atoms with Crippen LogP contribution in [0.4, 0.5) is 17.2 Å². The zero-order valence-corrected chi connectivity index (χ0v) is 12.7. The molecule has 4 nitrogen and oxygen atoms in total. The number of para-hydroxylation sites is 1. The summed E-state index contributed by atoms with van der Waals surface area (Å²) in [6, 6.07) is 20.2. The molecule has 0 bridgehead atoms. The maximum absolute atomic E-state index is 5.28. The molecule has 1 aliphatic heterocycles. The molecule has 1 aromatic heterocycles. The summed E-state index contributed by atoms with van der Waals surface area (Å²) in [5, 5.41) is 3.37. The van der Waals surface area contributed by atoms with E-state index in [9.17, 15) is 0 Å². The fourth-order valence-corrected chi connectivity index (χ4v) is 2.65. The first-order valence-electron chi connectivity index (χ1n) is 7.40. The highest BCUT2D eigenvalue weighted by Gasteiger charge is 2.18. The van der Waals surface area contributed by atoms with Crippen LogP contribution in [0.1, 0.15) is 11.1 Å². The maximum atomic E-state index is 5.28. The molecule has 0 spiro atoms. The van der Waals surface area contributed by atoms with Gasteiger partial charge in [0.2, 0.25) is 0 Å². The number of nitrogens with one attached hydrogen (secondary N) is 1. The van der Waals surface area contributed by atoms with Crippen LogP contribution in [0, 0.1) is 0 Å². The van der Waals surface area contributed by atoms with Crippen molar-refractivity contribution in [2.45, 2.75) is 0 Å². The van der Waals surface area contributed by atoms with Crippen LogP contribution in [0.3, 0.4) is 0 Å². The number of ether oxygens (including phenoxy) is 1. The molecule has 23 heavy (non-hydrogen) atoms. The molecule has 2 heterocycles. The molecular formula is C19H15N3O. The molecule has 1 N–H and O–H groups in total. The second-order valence-electron chi connectivity index (χ2n) is 5.24. The van der Waals surface area contributed by atoms with E-state index in [2.05, 4.69) is 28.5 Å². The van der Waals surface area contributed by atoms with E-state index < -0.39 is 0 Å². The summed E-state index contributed by atoms with van der Waals surface area (Å²) in [7, 11) is 1.63. The monoisotopic (exact) mass is 301 g/mol. The van der Waals surface area contributed by atoms with Crippen molar-refractivity contribution in [2.24, 2.45) is 4.99 Å². The fourth-order valence-electron chi connectivity index (χ4n) is 2.65. The first-order valence-corrected chi connectivity index (χ1v) is 7.40. The van der Waals surface area contributed by atoms with E-state index in [1.54, 1.807) is 13.3 Å². The van der Waals surface area contributed by atoms with Crippen molar-refractivity contribution in [1.29, 1.82) is 0 Å². The van der Waals surface area contributed by atoms with Gasteiger partial charge in [0.15, 0.2) is 5.82 Å². The van der Waals surface area contributed by atoms with Crippen molar-refractivity contribution in [3.8, 4) is 5.75 Å². The summed E-state index contributed by atoms with van der Waals surface area (Å²) >= 11 is 0. The molecule has 0 unspecified atom stereocenters. The van der Waals surface area contributed by atoms with Crippen LogP contribution in [0.5, 0.6) is 5.75 Å². The molecule has 0 amide bonds. The van der Waals surface area contributed by atoms with Gasteiger partial charge in [0, 0.05) is 22.9 Å². The van der Waals surface area contributed by atoms with E-state index in [1.165, 1.54) is 0 Å². The smallest absolute Gasteiger partial charge is 0.156 e. The Balaban J connectivity index is 1.98. The second kappa shape index (κ2) is 5.57. The van der Waals surface area contributed by atoms with Crippen LogP contribution < -0.4 is 10.1 Å². The lowest BCUT2D eigenvalue weighted by atomic mass is 10.0. The third kappa shape index (κ3) is 2.44. The largest absolute Gasteiger partial charge is 0.495 e. The zero-order chi connectivity index (χ0) is 15.6. The lowest BCUT2D eigenvalue weighted by molar-refractivity contribution is 0.413. The maximum Gasteiger partial charge on any atom is 0.156 e. The predicted molar refractivity (Wildman–Crippen MR) is 92.3 cm³/mol. The van der Waals surface area contributed by atoms with Gasteiger partial charge in [0.25, 0.3) is 0 Å². The molecule has 0 saturated heterocycles. The summed E-state index contributed by atoms with van der Waals surface area (Å²) < 4.78 is 5.28. The number of methoxy groups -OCH3 is 1. The average molecular weight is 301 g/mol. The average Bonchev–Trinajstić information content (AvgIpc) is 2.78. The van der Waals surface area contributed by atoms with E-state index in [4.69, 9.17) is 9.73 Å². The van der Waals surface area contributed by atoms with E-state index in [1.807, 2.05) is 42.5 Å². The third-order valence-corrected chi connectivity index (χ3v) is 3.79. The number of anilines is 2. The van der Waals surface area contributed by atoms with Crippen LogP contribution in [-0.2, 0) is 0 Å². The Morgan fingerprint density at radius 2 is 1.74 bits per heavy atom. The molecule has 4 rings (SSSR count). The molecule has 0 fully saturated rings. The molecule has 0 atom stereocenters. The first kappa shape index (κ1) is 13.5. The zero-order valence-electron chi connectivity index (χ0n) is 12.7. The third-order valence-electron chi connectivity index (χ3n) is 3.79. The van der Waals surface area contributed by atoms with Crippen molar-refractivity contribution in [1.82, 2.24) is 4.98 Å². The molecule has 3 aromatic rings. The molecule has 2 aromatic carbocycles. The number of nitrogens with zero attached hydrogens (tertiary/aromatic N) is 2. The van der Waals surface area contributed by atoms with Gasteiger partial charge in [-0.05, 0) is 6.07 Å². The minimum absolute atomic E-state index is 0.688. The van der Waals surface area contributed by atoms with Crippen LogP contribution in [0.15, 0.2) is 71.9 Å². The van der Waals surface area contributed by atoms with Crippen molar-refractivity contribution in [2.75, 3.05) is 12.4 Å². The molecular weight excluding hydrogens is 286 g/mol. The van der Waals surface area contributed by atoms with Gasteiger partial charge in [-0.15, -0.1) is 0 Å². The summed E-state index contributed by atoms with van der Waals surface area (Å²) in [5.74, 6) is 1.41. The highest BCUT2D eigenvalue weighted by atomic mass is 16.5. The number of aromatic nitrogens is 1. The Bertz CT molecular complexity index is 888. The molecule has 112 valence electrons. The Kier molecular flexibility index (Phi) is 3.27. The summed E-state index contributed by atoms with van der Waals surface area (Å²) in [6.07, 6.45) is 1.69. The first-order chi connectivity index (χ1) is 11.3. The van der Waals surface area contributed by atoms with Gasteiger partial charge in [0.1, 0.15) is 11.4 Å². The minimum atomic E-state index is 0.688. The SMILES string of the molecule is COc1cnc2c(c1)N=C(c1ccccc1)c1ccccc1N2. The minimum Gasteiger partial charge on any atom is -0.495 e. The van der Waals surface area contributed by atoms with Gasteiger partial charge in [-0.25, -0.2) is 9.98 Å². The standard InChI is InChI=1S/C19H15N3O/c1-23-14-11-17-19(20-12-14)22-16-10-6-5-9-15(16)18(21-17)13-7-3-2-4-8-13/h2-12H,1H3,(H,20,22). The van der Waals surface area contributed by atoms with Crippen molar-refractivity contribution in [3.63, 3.8) is 0 Å². The van der Waals surface area contributed by atoms with Crippen molar-refractivity contribution < 1.29 is 4.74 Å². The normalized spacial score (nSPS) is 12.3. The Hall–Kier alpha value is -3.14. The van der Waals surface area contributed by atoms with Crippen LogP contribution >= 0.6 is 0 Å². The van der Waals surface area contributed by atoms with Gasteiger partial charge in [-0.3, -0.25) is 0 Å². The molecule has 0 aliphatic carbocycles. The van der Waals surface area contributed by atoms with E-state index >= 15 is 0 Å². The number of hydrogen-bond acceptors (Lipinski definition) is 4. The quantitative estimate of drug-likeness (QED) is 0.600. The highest BCUT2D eigenvalue weighted by Crippen LogP contribution is 2.35. The Morgan fingerprint density at radius 3 is 2.57 bits per heavy atom. The van der Waals surface area contributed by atoms with E-state index in [0.29, 0.717) is 5.75 Å². The Labute approximate surface area is 134 Å². The lowest BCUT2D eigenvalue weighted by Gasteiger charge is -2.10. The summed E-state index contributed by atoms with van der Waals surface area (Å²) in [5.41, 5.74) is 4.79. The highest BCUT2D eigenvalue weighted by molar-refractivity contribution is 6.18.